The van der Waals surface area contributed by atoms with Crippen LogP contribution in [0.3, 0.4) is 0 Å². The second-order valence-corrected chi connectivity index (χ2v) is 8.32. The fourth-order valence-corrected chi connectivity index (χ4v) is 4.15. The Labute approximate surface area is 191 Å². The second kappa shape index (κ2) is 12.5. The number of fused-ring (bicyclic) bond motifs is 1. The Kier molecular flexibility index (Phi) is 10.4. The van der Waals surface area contributed by atoms with Gasteiger partial charge in [-0.25, -0.2) is 0 Å². The first-order valence-electron chi connectivity index (χ1n) is 10.4. The molecule has 0 saturated heterocycles. The van der Waals surface area contributed by atoms with Crippen LogP contribution in [-0.2, 0) is 13.1 Å². The van der Waals surface area contributed by atoms with Crippen LogP contribution >= 0.6 is 35.6 Å². The highest BCUT2D eigenvalue weighted by molar-refractivity contribution is 6.35. The molecule has 0 saturated carbocycles. The number of benzene rings is 2. The first kappa shape index (κ1) is 24.1. The molecule has 0 aliphatic carbocycles. The zero-order valence-electron chi connectivity index (χ0n) is 17.1. The predicted molar refractivity (Wildman–Crippen MR) is 130 cm³/mol. The van der Waals surface area contributed by atoms with E-state index in [-0.39, 0.29) is 12.4 Å². The molecule has 0 bridgehead atoms. The van der Waals surface area contributed by atoms with Crippen LogP contribution in [0.2, 0.25) is 10.0 Å². The van der Waals surface area contributed by atoms with Gasteiger partial charge in [-0.2, -0.15) is 0 Å². The van der Waals surface area contributed by atoms with Crippen LogP contribution in [0, 0.1) is 0 Å². The van der Waals surface area contributed by atoms with Crippen molar-refractivity contribution in [2.75, 3.05) is 6.54 Å². The van der Waals surface area contributed by atoms with Crippen LogP contribution in [0.1, 0.15) is 56.6 Å². The van der Waals surface area contributed by atoms with Crippen LogP contribution < -0.4 is 5.32 Å². The summed E-state index contributed by atoms with van der Waals surface area (Å²) in [7, 11) is 0. The number of hydrogen-bond donors (Lipinski definition) is 1. The molecule has 1 heterocycles. The zero-order valence-corrected chi connectivity index (χ0v) is 19.4. The van der Waals surface area contributed by atoms with E-state index in [0.717, 1.165) is 25.2 Å². The molecule has 0 aliphatic rings. The largest absolute Gasteiger partial charge is 0.343 e. The topological polar surface area (TPSA) is 17.0 Å². The number of halogens is 3. The molecule has 3 aromatic rings. The number of nitrogens with zero attached hydrogens (tertiary/aromatic N) is 1. The van der Waals surface area contributed by atoms with Gasteiger partial charge in [0.05, 0.1) is 0 Å². The lowest BCUT2D eigenvalue weighted by molar-refractivity contribution is 0.572. The second-order valence-electron chi connectivity index (χ2n) is 7.48. The minimum Gasteiger partial charge on any atom is -0.343 e. The van der Waals surface area contributed by atoms with Crippen molar-refractivity contribution in [1.29, 1.82) is 0 Å². The number of unbranched alkanes of at least 4 members (excludes halogenated alkanes) is 5. The highest BCUT2D eigenvalue weighted by Gasteiger charge is 2.10. The molecule has 2 nitrogen and oxygen atoms in total. The van der Waals surface area contributed by atoms with Gasteiger partial charge < -0.3 is 9.88 Å². The Bertz CT molecular complexity index is 889. The number of para-hydroxylation sites is 1. The van der Waals surface area contributed by atoms with Gasteiger partial charge in [-0.05, 0) is 42.3 Å². The van der Waals surface area contributed by atoms with Gasteiger partial charge in [0, 0.05) is 40.2 Å². The van der Waals surface area contributed by atoms with Crippen molar-refractivity contribution in [1.82, 2.24) is 9.88 Å². The summed E-state index contributed by atoms with van der Waals surface area (Å²) in [5, 5.41) is 6.32. The predicted octanol–water partition coefficient (Wildman–Crippen LogP) is 7.87. The Hall–Kier alpha value is -1.19. The van der Waals surface area contributed by atoms with E-state index in [1.807, 2.05) is 18.2 Å². The van der Waals surface area contributed by atoms with Crippen molar-refractivity contribution in [2.45, 2.75) is 58.5 Å². The van der Waals surface area contributed by atoms with E-state index in [9.17, 15) is 0 Å². The van der Waals surface area contributed by atoms with Gasteiger partial charge >= 0.3 is 0 Å². The van der Waals surface area contributed by atoms with Crippen LogP contribution in [0.5, 0.6) is 0 Å². The molecular formula is C24H31Cl3N2. The lowest BCUT2D eigenvalue weighted by atomic mass is 10.1. The van der Waals surface area contributed by atoms with Crippen LogP contribution in [-0.4, -0.2) is 11.1 Å². The summed E-state index contributed by atoms with van der Waals surface area (Å²) in [6.07, 6.45) is 10.2. The van der Waals surface area contributed by atoms with E-state index < -0.39 is 0 Å². The molecule has 29 heavy (non-hydrogen) atoms. The number of nitrogens with one attached hydrogen (secondary N) is 1. The molecule has 0 unspecified atom stereocenters. The number of rotatable bonds is 11. The highest BCUT2D eigenvalue weighted by atomic mass is 35.5. The van der Waals surface area contributed by atoms with E-state index in [1.54, 1.807) is 0 Å². The van der Waals surface area contributed by atoms with Gasteiger partial charge in [0.15, 0.2) is 0 Å². The average molecular weight is 454 g/mol. The third-order valence-electron chi connectivity index (χ3n) is 5.25. The van der Waals surface area contributed by atoms with Crippen molar-refractivity contribution in [3.8, 4) is 0 Å². The monoisotopic (exact) mass is 452 g/mol. The summed E-state index contributed by atoms with van der Waals surface area (Å²) in [5.74, 6) is 0. The minimum absolute atomic E-state index is 0. The Morgan fingerprint density at radius 1 is 0.897 bits per heavy atom. The SMILES string of the molecule is CCCCCCCCNCc1cn(Cc2ccc(Cl)cc2Cl)c2ccccc12.Cl. The third-order valence-corrected chi connectivity index (χ3v) is 5.84. The molecule has 0 fully saturated rings. The molecular weight excluding hydrogens is 423 g/mol. The van der Waals surface area contributed by atoms with E-state index in [1.165, 1.54) is 55.0 Å². The molecule has 3 rings (SSSR count). The summed E-state index contributed by atoms with van der Waals surface area (Å²) in [6, 6.07) is 14.3. The van der Waals surface area contributed by atoms with Gasteiger partial charge in [-0.3, -0.25) is 0 Å². The summed E-state index contributed by atoms with van der Waals surface area (Å²) in [6.45, 7) is 4.98. The van der Waals surface area contributed by atoms with E-state index in [4.69, 9.17) is 23.2 Å². The van der Waals surface area contributed by atoms with Crippen molar-refractivity contribution in [3.63, 3.8) is 0 Å². The standard InChI is InChI=1S/C24H30Cl2N2.ClH/c1-2-3-4-5-6-9-14-27-16-20-18-28(24-11-8-7-10-22(20)24)17-19-12-13-21(25)15-23(19)26;/h7-8,10-13,15,18,27H,2-6,9,14,16-17H2,1H3;1H. The van der Waals surface area contributed by atoms with Gasteiger partial charge in [0.2, 0.25) is 0 Å². The summed E-state index contributed by atoms with van der Waals surface area (Å²) in [5.41, 5.74) is 3.66. The van der Waals surface area contributed by atoms with Crippen molar-refractivity contribution < 1.29 is 0 Å². The molecule has 0 aliphatic heterocycles. The summed E-state index contributed by atoms with van der Waals surface area (Å²) >= 11 is 12.4. The lowest BCUT2D eigenvalue weighted by Gasteiger charge is -2.08. The minimum atomic E-state index is 0. The lowest BCUT2D eigenvalue weighted by Crippen LogP contribution is -2.14. The quantitative estimate of drug-likeness (QED) is 0.292. The Morgan fingerprint density at radius 2 is 1.66 bits per heavy atom. The van der Waals surface area contributed by atoms with Gasteiger partial charge in [-0.15, -0.1) is 12.4 Å². The average Bonchev–Trinajstić information content (AvgIpc) is 3.04. The first-order valence-corrected chi connectivity index (χ1v) is 11.2. The molecule has 1 aromatic heterocycles. The summed E-state index contributed by atoms with van der Waals surface area (Å²) < 4.78 is 2.28. The zero-order chi connectivity index (χ0) is 19.8. The van der Waals surface area contributed by atoms with Crippen molar-refractivity contribution in [3.05, 3.63) is 69.8 Å². The molecule has 0 spiro atoms. The maximum Gasteiger partial charge on any atom is 0.0491 e. The summed E-state index contributed by atoms with van der Waals surface area (Å²) in [4.78, 5) is 0. The maximum atomic E-state index is 6.39. The third kappa shape index (κ3) is 6.93. The molecule has 1 N–H and O–H groups in total. The fraction of sp³-hybridized carbons (Fsp3) is 0.417. The van der Waals surface area contributed by atoms with Gasteiger partial charge in [0.1, 0.15) is 0 Å². The smallest absolute Gasteiger partial charge is 0.0491 e. The maximum absolute atomic E-state index is 6.39. The normalized spacial score (nSPS) is 11.0. The molecule has 2 aromatic carbocycles. The number of hydrogen-bond acceptors (Lipinski definition) is 1. The van der Waals surface area contributed by atoms with Crippen LogP contribution in [0.4, 0.5) is 0 Å². The van der Waals surface area contributed by atoms with Gasteiger partial charge in [-0.1, -0.05) is 86.5 Å². The van der Waals surface area contributed by atoms with Crippen LogP contribution in [0.25, 0.3) is 10.9 Å². The first-order chi connectivity index (χ1) is 13.7. The van der Waals surface area contributed by atoms with Gasteiger partial charge in [0.25, 0.3) is 0 Å². The van der Waals surface area contributed by atoms with E-state index in [2.05, 4.69) is 47.3 Å². The highest BCUT2D eigenvalue weighted by Crippen LogP contribution is 2.26. The van der Waals surface area contributed by atoms with Crippen molar-refractivity contribution >= 4 is 46.5 Å². The fourth-order valence-electron chi connectivity index (χ4n) is 3.68. The molecule has 0 atom stereocenters. The van der Waals surface area contributed by atoms with Crippen molar-refractivity contribution in [2.24, 2.45) is 0 Å². The Balaban J connectivity index is 0.00000300. The van der Waals surface area contributed by atoms with E-state index in [0.29, 0.717) is 10.0 Å². The van der Waals surface area contributed by atoms with E-state index >= 15 is 0 Å². The molecule has 0 radical (unpaired) electrons. The van der Waals surface area contributed by atoms with Crippen LogP contribution in [0.15, 0.2) is 48.7 Å². The Morgan fingerprint density at radius 3 is 2.45 bits per heavy atom. The molecule has 0 amide bonds. The molecule has 5 heteroatoms. The molecule has 158 valence electrons. The number of aromatic nitrogens is 1.